The minimum absolute atomic E-state index is 0.256. The van der Waals surface area contributed by atoms with Gasteiger partial charge in [-0.1, -0.05) is 0 Å². The number of rotatable bonds is 1. The lowest BCUT2D eigenvalue weighted by molar-refractivity contribution is 0.455. The first-order chi connectivity index (χ1) is 2.64. The molecule has 0 fully saturated rings. The van der Waals surface area contributed by atoms with Crippen molar-refractivity contribution < 1.29 is 4.39 Å². The van der Waals surface area contributed by atoms with Crippen LogP contribution >= 0.6 is 25.3 Å². The molecule has 0 heterocycles. The van der Waals surface area contributed by atoms with Crippen molar-refractivity contribution in [3.8, 4) is 0 Å². The first-order valence-electron chi connectivity index (χ1n) is 1.65. The Kier molecular flexibility index (Phi) is 3.03. The Morgan fingerprint density at radius 3 is 1.67 bits per heavy atom. The van der Waals surface area contributed by atoms with Crippen LogP contribution in [0.25, 0.3) is 0 Å². The van der Waals surface area contributed by atoms with E-state index in [2.05, 4.69) is 25.3 Å². The molecule has 0 radical (unpaired) electrons. The standard InChI is InChI=1S/C3H7FS2/c1-2(5)3(4)6/h2-3,5-6H,1H3. The molecule has 6 heavy (non-hydrogen) atoms. The second kappa shape index (κ2) is 2.75. The van der Waals surface area contributed by atoms with Crippen LogP contribution in [0.3, 0.4) is 0 Å². The molecule has 0 saturated heterocycles. The van der Waals surface area contributed by atoms with E-state index in [0.717, 1.165) is 0 Å². The highest BCUT2D eigenvalue weighted by atomic mass is 32.1. The van der Waals surface area contributed by atoms with Crippen molar-refractivity contribution in [1.29, 1.82) is 0 Å². The number of hydrogen-bond acceptors (Lipinski definition) is 2. The summed E-state index contributed by atoms with van der Waals surface area (Å²) in [6, 6.07) is 0. The quantitative estimate of drug-likeness (QED) is 0.489. The molecule has 0 aromatic rings. The number of halogens is 1. The maximum Gasteiger partial charge on any atom is 0.154 e. The van der Waals surface area contributed by atoms with Gasteiger partial charge in [0.1, 0.15) is 0 Å². The van der Waals surface area contributed by atoms with E-state index in [9.17, 15) is 4.39 Å². The van der Waals surface area contributed by atoms with Crippen LogP contribution in [0.2, 0.25) is 0 Å². The topological polar surface area (TPSA) is 0 Å². The van der Waals surface area contributed by atoms with Gasteiger partial charge in [0.05, 0.1) is 0 Å². The van der Waals surface area contributed by atoms with Crippen molar-refractivity contribution in [2.24, 2.45) is 0 Å². The molecule has 0 aromatic heterocycles. The molecular weight excluding hydrogens is 119 g/mol. The SMILES string of the molecule is CC(S)C(F)S. The van der Waals surface area contributed by atoms with Crippen molar-refractivity contribution >= 4 is 25.3 Å². The summed E-state index contributed by atoms with van der Waals surface area (Å²) in [5.41, 5.74) is -1.09. The summed E-state index contributed by atoms with van der Waals surface area (Å²) in [5, 5.41) is -0.256. The first-order valence-corrected chi connectivity index (χ1v) is 2.68. The van der Waals surface area contributed by atoms with Gasteiger partial charge >= 0.3 is 0 Å². The van der Waals surface area contributed by atoms with E-state index < -0.39 is 5.50 Å². The third-order valence-corrected chi connectivity index (χ3v) is 1.34. The smallest absolute Gasteiger partial charge is 0.154 e. The maximum atomic E-state index is 11.6. The number of alkyl halides is 1. The predicted molar refractivity (Wildman–Crippen MR) is 32.3 cm³/mol. The van der Waals surface area contributed by atoms with Crippen LogP contribution in [-0.2, 0) is 0 Å². The van der Waals surface area contributed by atoms with E-state index in [1.54, 1.807) is 6.92 Å². The molecule has 0 saturated carbocycles. The first kappa shape index (κ1) is 6.63. The Bertz CT molecular complexity index is 29.8. The van der Waals surface area contributed by atoms with Gasteiger partial charge in [-0.3, -0.25) is 0 Å². The van der Waals surface area contributed by atoms with Crippen molar-refractivity contribution in [2.45, 2.75) is 17.7 Å². The normalized spacial score (nSPS) is 20.0. The molecule has 0 aliphatic heterocycles. The molecule has 0 aliphatic carbocycles. The van der Waals surface area contributed by atoms with Crippen LogP contribution in [-0.4, -0.2) is 10.8 Å². The van der Waals surface area contributed by atoms with E-state index >= 15 is 0 Å². The number of thiol groups is 2. The maximum absolute atomic E-state index is 11.6. The third-order valence-electron chi connectivity index (χ3n) is 0.398. The molecule has 0 N–H and O–H groups in total. The summed E-state index contributed by atoms with van der Waals surface area (Å²) >= 11 is 7.19. The molecule has 0 aliphatic rings. The van der Waals surface area contributed by atoms with Crippen LogP contribution in [0, 0.1) is 0 Å². The predicted octanol–water partition coefficient (Wildman–Crippen LogP) is 1.53. The number of hydrogen-bond donors (Lipinski definition) is 2. The molecule has 2 atom stereocenters. The lowest BCUT2D eigenvalue weighted by Gasteiger charge is -1.99. The fourth-order valence-corrected chi connectivity index (χ4v) is 0. The van der Waals surface area contributed by atoms with E-state index in [4.69, 9.17) is 0 Å². The highest BCUT2D eigenvalue weighted by Crippen LogP contribution is 2.07. The van der Waals surface area contributed by atoms with Crippen LogP contribution in [0.15, 0.2) is 0 Å². The second-order valence-corrected chi connectivity index (χ2v) is 2.42. The Morgan fingerprint density at radius 1 is 1.50 bits per heavy atom. The lowest BCUT2D eigenvalue weighted by Crippen LogP contribution is -2.02. The largest absolute Gasteiger partial charge is 0.235 e. The van der Waals surface area contributed by atoms with Gasteiger partial charge in [-0.25, -0.2) is 4.39 Å². The molecule has 2 unspecified atom stereocenters. The summed E-state index contributed by atoms with van der Waals surface area (Å²) in [4.78, 5) is 0. The molecule has 0 amide bonds. The van der Waals surface area contributed by atoms with Crippen molar-refractivity contribution in [3.63, 3.8) is 0 Å². The van der Waals surface area contributed by atoms with Crippen molar-refractivity contribution in [2.75, 3.05) is 0 Å². The summed E-state index contributed by atoms with van der Waals surface area (Å²) in [5.74, 6) is 0. The van der Waals surface area contributed by atoms with Crippen molar-refractivity contribution in [1.82, 2.24) is 0 Å². The van der Waals surface area contributed by atoms with E-state index in [0.29, 0.717) is 0 Å². The van der Waals surface area contributed by atoms with Gasteiger partial charge in [0, 0.05) is 5.25 Å². The monoisotopic (exact) mass is 126 g/mol. The van der Waals surface area contributed by atoms with Crippen molar-refractivity contribution in [3.05, 3.63) is 0 Å². The van der Waals surface area contributed by atoms with Gasteiger partial charge in [0.15, 0.2) is 5.50 Å². The Labute approximate surface area is 47.9 Å². The van der Waals surface area contributed by atoms with Crippen LogP contribution in [0.5, 0.6) is 0 Å². The second-order valence-electron chi connectivity index (χ2n) is 1.11. The van der Waals surface area contributed by atoms with Gasteiger partial charge in [-0.05, 0) is 6.92 Å². The van der Waals surface area contributed by atoms with Crippen LogP contribution < -0.4 is 0 Å². The third kappa shape index (κ3) is 2.85. The minimum Gasteiger partial charge on any atom is -0.235 e. The molecule has 0 spiro atoms. The zero-order valence-corrected chi connectivity index (χ0v) is 5.22. The van der Waals surface area contributed by atoms with Gasteiger partial charge in [0.2, 0.25) is 0 Å². The molecule has 0 aromatic carbocycles. The Morgan fingerprint density at radius 2 is 1.67 bits per heavy atom. The molecule has 0 nitrogen and oxygen atoms in total. The van der Waals surface area contributed by atoms with Crippen LogP contribution in [0.1, 0.15) is 6.92 Å². The summed E-state index contributed by atoms with van der Waals surface area (Å²) in [6.45, 7) is 1.65. The zero-order chi connectivity index (χ0) is 5.15. The summed E-state index contributed by atoms with van der Waals surface area (Å²) < 4.78 is 11.6. The van der Waals surface area contributed by atoms with Crippen LogP contribution in [0.4, 0.5) is 4.39 Å². The average molecular weight is 126 g/mol. The molecule has 0 bridgehead atoms. The Balaban J connectivity index is 2.99. The highest BCUT2D eigenvalue weighted by molar-refractivity contribution is 7.85. The summed E-state index contributed by atoms with van der Waals surface area (Å²) in [6.07, 6.45) is 0. The van der Waals surface area contributed by atoms with E-state index in [1.165, 1.54) is 0 Å². The van der Waals surface area contributed by atoms with Gasteiger partial charge < -0.3 is 0 Å². The molecule has 3 heteroatoms. The Hall–Kier alpha value is 0.630. The van der Waals surface area contributed by atoms with E-state index in [-0.39, 0.29) is 5.25 Å². The van der Waals surface area contributed by atoms with E-state index in [1.807, 2.05) is 0 Å². The van der Waals surface area contributed by atoms with Gasteiger partial charge in [-0.15, -0.1) is 12.6 Å². The zero-order valence-electron chi connectivity index (χ0n) is 3.43. The molecule has 0 rings (SSSR count). The molecular formula is C3H7FS2. The fourth-order valence-electron chi connectivity index (χ4n) is 0. The lowest BCUT2D eigenvalue weighted by atomic mass is 10.5. The fraction of sp³-hybridized carbons (Fsp3) is 1.00. The van der Waals surface area contributed by atoms with Gasteiger partial charge in [0.25, 0.3) is 0 Å². The van der Waals surface area contributed by atoms with Gasteiger partial charge in [-0.2, -0.15) is 12.6 Å². The summed E-state index contributed by atoms with van der Waals surface area (Å²) in [7, 11) is 0. The minimum atomic E-state index is -1.09. The highest BCUT2D eigenvalue weighted by Gasteiger charge is 2.02. The molecule has 38 valence electrons. The average Bonchev–Trinajstić information content (AvgIpc) is 1.36.